The third-order valence-corrected chi connectivity index (χ3v) is 4.87. The van der Waals surface area contributed by atoms with Crippen LogP contribution in [-0.2, 0) is 4.74 Å². The zero-order valence-electron chi connectivity index (χ0n) is 14.8. The molecule has 0 atom stereocenters. The predicted octanol–water partition coefficient (Wildman–Crippen LogP) is 2.33. The van der Waals surface area contributed by atoms with Crippen LogP contribution in [0, 0.1) is 0 Å². The Morgan fingerprint density at radius 2 is 1.92 bits per heavy atom. The largest absolute Gasteiger partial charge is 0.481 e. The number of hydrogen-bond acceptors (Lipinski definition) is 6. The molecule has 8 heteroatoms. The number of nitrogens with one attached hydrogen (secondary N) is 2. The Bertz CT molecular complexity index is 572. The Labute approximate surface area is 154 Å². The highest BCUT2D eigenvalue weighted by atomic mass is 32.1. The number of nitrogens with zero attached hydrogens (tertiary/aromatic N) is 3. The normalized spacial score (nSPS) is 19.2. The van der Waals surface area contributed by atoms with Crippen molar-refractivity contribution >= 4 is 29.1 Å². The molecule has 0 unspecified atom stereocenters. The molecule has 1 aromatic rings. The summed E-state index contributed by atoms with van der Waals surface area (Å²) in [4.78, 5) is 11.1. The van der Waals surface area contributed by atoms with E-state index in [4.69, 9.17) is 21.7 Å². The van der Waals surface area contributed by atoms with Gasteiger partial charge in [0.1, 0.15) is 5.82 Å². The van der Waals surface area contributed by atoms with Gasteiger partial charge in [-0.3, -0.25) is 0 Å². The highest BCUT2D eigenvalue weighted by Crippen LogP contribution is 2.21. The van der Waals surface area contributed by atoms with Crippen LogP contribution in [0.3, 0.4) is 0 Å². The topological polar surface area (TPSA) is 71.5 Å². The van der Waals surface area contributed by atoms with Gasteiger partial charge < -0.3 is 25.0 Å². The van der Waals surface area contributed by atoms with Gasteiger partial charge in [0.15, 0.2) is 5.11 Å². The highest BCUT2D eigenvalue weighted by molar-refractivity contribution is 7.80. The second-order valence-electron chi connectivity index (χ2n) is 6.48. The van der Waals surface area contributed by atoms with Gasteiger partial charge in [0.25, 0.3) is 0 Å². The molecule has 2 heterocycles. The van der Waals surface area contributed by atoms with Crippen molar-refractivity contribution in [3.63, 3.8) is 0 Å². The van der Waals surface area contributed by atoms with Gasteiger partial charge in [0, 0.05) is 25.2 Å². The standard InChI is InChI=1S/C17H27N5O2S/c1-23-15-12-14(22-8-10-24-11-9-22)19-16(20-15)21-17(25)18-13-6-4-2-3-5-7-13/h12-13H,2-11H2,1H3,(H2,18,19,20,21,25). The van der Waals surface area contributed by atoms with Crippen molar-refractivity contribution in [2.75, 3.05) is 43.6 Å². The minimum absolute atomic E-state index is 0.437. The fourth-order valence-corrected chi connectivity index (χ4v) is 3.53. The monoisotopic (exact) mass is 365 g/mol. The zero-order valence-corrected chi connectivity index (χ0v) is 15.6. The summed E-state index contributed by atoms with van der Waals surface area (Å²) >= 11 is 5.46. The van der Waals surface area contributed by atoms with Crippen LogP contribution in [0.1, 0.15) is 38.5 Å². The first kappa shape index (κ1) is 18.1. The van der Waals surface area contributed by atoms with E-state index in [1.165, 1.54) is 38.5 Å². The van der Waals surface area contributed by atoms with Crippen LogP contribution in [0.5, 0.6) is 5.88 Å². The van der Waals surface area contributed by atoms with E-state index in [0.29, 0.717) is 36.2 Å². The van der Waals surface area contributed by atoms with Crippen LogP contribution < -0.4 is 20.3 Å². The van der Waals surface area contributed by atoms with Crippen LogP contribution in [0.2, 0.25) is 0 Å². The van der Waals surface area contributed by atoms with E-state index in [9.17, 15) is 0 Å². The van der Waals surface area contributed by atoms with Crippen molar-refractivity contribution in [1.82, 2.24) is 15.3 Å². The lowest BCUT2D eigenvalue weighted by Gasteiger charge is -2.28. The molecule has 0 bridgehead atoms. The van der Waals surface area contributed by atoms with Gasteiger partial charge in [-0.05, 0) is 25.1 Å². The summed E-state index contributed by atoms with van der Waals surface area (Å²) in [5, 5.41) is 7.11. The number of hydrogen-bond donors (Lipinski definition) is 2. The lowest BCUT2D eigenvalue weighted by atomic mass is 10.1. The van der Waals surface area contributed by atoms with Crippen molar-refractivity contribution in [2.24, 2.45) is 0 Å². The molecule has 1 aliphatic heterocycles. The summed E-state index contributed by atoms with van der Waals surface area (Å²) in [6.07, 6.45) is 7.49. The minimum atomic E-state index is 0.437. The van der Waals surface area contributed by atoms with E-state index < -0.39 is 0 Å². The van der Waals surface area contributed by atoms with Gasteiger partial charge in [-0.2, -0.15) is 9.97 Å². The first-order valence-electron chi connectivity index (χ1n) is 9.08. The van der Waals surface area contributed by atoms with Crippen LogP contribution >= 0.6 is 12.2 Å². The summed E-state index contributed by atoms with van der Waals surface area (Å²) in [6, 6.07) is 2.28. The summed E-state index contributed by atoms with van der Waals surface area (Å²) < 4.78 is 10.7. The molecule has 0 aromatic carbocycles. The molecule has 2 N–H and O–H groups in total. The molecule has 1 saturated heterocycles. The number of aromatic nitrogens is 2. The number of rotatable bonds is 4. The summed E-state index contributed by atoms with van der Waals surface area (Å²) in [5.74, 6) is 1.82. The minimum Gasteiger partial charge on any atom is -0.481 e. The molecule has 138 valence electrons. The van der Waals surface area contributed by atoms with Crippen LogP contribution in [0.4, 0.5) is 11.8 Å². The maximum absolute atomic E-state index is 5.46. The molecule has 7 nitrogen and oxygen atoms in total. The van der Waals surface area contributed by atoms with Crippen LogP contribution in [0.15, 0.2) is 6.07 Å². The van der Waals surface area contributed by atoms with E-state index in [1.54, 1.807) is 7.11 Å². The van der Waals surface area contributed by atoms with Crippen molar-refractivity contribution in [3.05, 3.63) is 6.07 Å². The van der Waals surface area contributed by atoms with Gasteiger partial charge in [0.05, 0.1) is 20.3 Å². The third kappa shape index (κ3) is 5.40. The smallest absolute Gasteiger partial charge is 0.234 e. The maximum Gasteiger partial charge on any atom is 0.234 e. The van der Waals surface area contributed by atoms with E-state index in [0.717, 1.165) is 18.9 Å². The highest BCUT2D eigenvalue weighted by Gasteiger charge is 2.17. The molecular weight excluding hydrogens is 338 g/mol. The Balaban J connectivity index is 1.64. The molecule has 2 fully saturated rings. The summed E-state index contributed by atoms with van der Waals surface area (Å²) in [6.45, 7) is 3.03. The van der Waals surface area contributed by atoms with Gasteiger partial charge in [0.2, 0.25) is 11.8 Å². The van der Waals surface area contributed by atoms with E-state index >= 15 is 0 Å². The lowest BCUT2D eigenvalue weighted by Crippen LogP contribution is -2.38. The number of morpholine rings is 1. The third-order valence-electron chi connectivity index (χ3n) is 4.65. The molecule has 0 radical (unpaired) electrons. The zero-order chi connectivity index (χ0) is 17.5. The molecule has 1 aliphatic carbocycles. The van der Waals surface area contributed by atoms with E-state index in [1.807, 2.05) is 6.07 Å². The number of methoxy groups -OCH3 is 1. The SMILES string of the molecule is COc1cc(N2CCOCC2)nc(NC(=S)NC2CCCCCC2)n1. The Kier molecular flexibility index (Phi) is 6.63. The molecule has 25 heavy (non-hydrogen) atoms. The predicted molar refractivity (Wildman–Crippen MR) is 102 cm³/mol. The van der Waals surface area contributed by atoms with E-state index in [-0.39, 0.29) is 0 Å². The van der Waals surface area contributed by atoms with Crippen molar-refractivity contribution in [3.8, 4) is 5.88 Å². The van der Waals surface area contributed by atoms with Crippen LogP contribution in [0.25, 0.3) is 0 Å². The Morgan fingerprint density at radius 3 is 2.60 bits per heavy atom. The average Bonchev–Trinajstić information content (AvgIpc) is 2.90. The molecule has 0 spiro atoms. The molecule has 1 saturated carbocycles. The maximum atomic E-state index is 5.46. The van der Waals surface area contributed by atoms with Crippen molar-refractivity contribution in [2.45, 2.75) is 44.6 Å². The molecule has 3 rings (SSSR count). The first-order valence-corrected chi connectivity index (χ1v) is 9.49. The number of ether oxygens (including phenoxy) is 2. The number of anilines is 2. The fraction of sp³-hybridized carbons (Fsp3) is 0.706. The first-order chi connectivity index (χ1) is 12.2. The van der Waals surface area contributed by atoms with Gasteiger partial charge in [-0.1, -0.05) is 25.7 Å². The molecular formula is C17H27N5O2S. The Morgan fingerprint density at radius 1 is 1.20 bits per heavy atom. The van der Waals surface area contributed by atoms with Crippen molar-refractivity contribution < 1.29 is 9.47 Å². The summed E-state index contributed by atoms with van der Waals surface area (Å²) in [5.41, 5.74) is 0. The quantitative estimate of drug-likeness (QED) is 0.622. The van der Waals surface area contributed by atoms with E-state index in [2.05, 4.69) is 25.5 Å². The van der Waals surface area contributed by atoms with Gasteiger partial charge in [-0.25, -0.2) is 0 Å². The van der Waals surface area contributed by atoms with Crippen LogP contribution in [-0.4, -0.2) is 54.5 Å². The van der Waals surface area contributed by atoms with Gasteiger partial charge >= 0.3 is 0 Å². The van der Waals surface area contributed by atoms with Gasteiger partial charge in [-0.15, -0.1) is 0 Å². The molecule has 1 aromatic heterocycles. The molecule has 0 amide bonds. The van der Waals surface area contributed by atoms with Crippen molar-refractivity contribution in [1.29, 1.82) is 0 Å². The lowest BCUT2D eigenvalue weighted by molar-refractivity contribution is 0.122. The fourth-order valence-electron chi connectivity index (χ4n) is 3.27. The molecule has 2 aliphatic rings. The number of thiocarbonyl (C=S) groups is 1. The second-order valence-corrected chi connectivity index (χ2v) is 6.89. The second kappa shape index (κ2) is 9.15. The average molecular weight is 366 g/mol. The summed E-state index contributed by atoms with van der Waals surface area (Å²) in [7, 11) is 1.61. The Hall–Kier alpha value is -1.67.